The number of hydrogen-bond donors (Lipinski definition) is 1. The van der Waals surface area contributed by atoms with Gasteiger partial charge >= 0.3 is 0 Å². The van der Waals surface area contributed by atoms with E-state index in [1.54, 1.807) is 19.1 Å². The third kappa shape index (κ3) is 3.91. The average Bonchev–Trinajstić information content (AvgIpc) is 2.59. The zero-order chi connectivity index (χ0) is 18.0. The van der Waals surface area contributed by atoms with E-state index >= 15 is 0 Å². The lowest BCUT2D eigenvalue weighted by Gasteiger charge is -2.36. The summed E-state index contributed by atoms with van der Waals surface area (Å²) in [7, 11) is 0. The number of rotatable bonds is 4. The minimum atomic E-state index is -0.319. The van der Waals surface area contributed by atoms with Gasteiger partial charge in [-0.3, -0.25) is 15.0 Å². The second-order valence-electron chi connectivity index (χ2n) is 6.70. The van der Waals surface area contributed by atoms with Crippen LogP contribution in [0, 0.1) is 24.0 Å². The van der Waals surface area contributed by atoms with Crippen LogP contribution in [0.5, 0.6) is 0 Å². The Morgan fingerprint density at radius 2 is 1.72 bits per heavy atom. The van der Waals surface area contributed by atoms with Crippen molar-refractivity contribution in [2.24, 2.45) is 0 Å². The highest BCUT2D eigenvalue weighted by atomic mass is 16.6. The molecule has 0 bridgehead atoms. The molecule has 25 heavy (non-hydrogen) atoms. The van der Waals surface area contributed by atoms with Gasteiger partial charge in [-0.15, -0.1) is 0 Å². The number of nitrogens with zero attached hydrogens (tertiary/aromatic N) is 3. The number of nitrogen functional groups attached to an aromatic ring is 1. The van der Waals surface area contributed by atoms with Gasteiger partial charge in [-0.25, -0.2) is 0 Å². The van der Waals surface area contributed by atoms with Crippen LogP contribution >= 0.6 is 0 Å². The van der Waals surface area contributed by atoms with Crippen LogP contribution in [0.3, 0.4) is 0 Å². The number of aryl methyl sites for hydroxylation is 2. The summed E-state index contributed by atoms with van der Waals surface area (Å²) < 4.78 is 0. The summed E-state index contributed by atoms with van der Waals surface area (Å²) in [6, 6.07) is 11.9. The number of nitrogens with two attached hydrogens (primary N) is 1. The fourth-order valence-corrected chi connectivity index (χ4v) is 3.20. The first-order valence-electron chi connectivity index (χ1n) is 8.51. The summed E-state index contributed by atoms with van der Waals surface area (Å²) in [6.45, 7) is 8.06. The Hall–Kier alpha value is -2.60. The van der Waals surface area contributed by atoms with Crippen LogP contribution in [-0.2, 0) is 6.54 Å². The van der Waals surface area contributed by atoms with Crippen molar-refractivity contribution in [1.29, 1.82) is 0 Å². The Morgan fingerprint density at radius 1 is 1.08 bits per heavy atom. The summed E-state index contributed by atoms with van der Waals surface area (Å²) >= 11 is 0. The van der Waals surface area contributed by atoms with Crippen molar-refractivity contribution in [1.82, 2.24) is 4.90 Å². The van der Waals surface area contributed by atoms with Gasteiger partial charge in [-0.2, -0.15) is 0 Å². The van der Waals surface area contributed by atoms with E-state index in [0.29, 0.717) is 11.4 Å². The van der Waals surface area contributed by atoms with Crippen molar-refractivity contribution in [3.63, 3.8) is 0 Å². The third-order valence-electron chi connectivity index (χ3n) is 4.80. The Morgan fingerprint density at radius 3 is 2.32 bits per heavy atom. The predicted octanol–water partition coefficient (Wildman–Crippen LogP) is 3.12. The summed E-state index contributed by atoms with van der Waals surface area (Å²) in [4.78, 5) is 15.5. The van der Waals surface area contributed by atoms with Gasteiger partial charge in [0.1, 0.15) is 5.69 Å². The van der Waals surface area contributed by atoms with E-state index in [1.165, 1.54) is 11.1 Å². The normalized spacial score (nSPS) is 15.4. The average molecular weight is 340 g/mol. The van der Waals surface area contributed by atoms with E-state index in [9.17, 15) is 10.1 Å². The quantitative estimate of drug-likeness (QED) is 0.526. The first kappa shape index (κ1) is 17.2. The molecule has 1 fully saturated rings. The first-order chi connectivity index (χ1) is 11.9. The second-order valence-corrected chi connectivity index (χ2v) is 6.70. The van der Waals surface area contributed by atoms with E-state index in [4.69, 9.17) is 5.73 Å². The molecule has 6 heteroatoms. The molecular formula is C19H24N4O2. The molecule has 1 heterocycles. The predicted molar refractivity (Wildman–Crippen MR) is 101 cm³/mol. The molecule has 0 radical (unpaired) electrons. The third-order valence-corrected chi connectivity index (χ3v) is 4.80. The molecule has 1 aliphatic rings. The van der Waals surface area contributed by atoms with E-state index in [-0.39, 0.29) is 10.6 Å². The van der Waals surface area contributed by atoms with E-state index in [1.807, 2.05) is 0 Å². The topological polar surface area (TPSA) is 75.6 Å². The zero-order valence-corrected chi connectivity index (χ0v) is 14.7. The highest BCUT2D eigenvalue weighted by Crippen LogP contribution is 2.33. The Labute approximate surface area is 148 Å². The zero-order valence-electron chi connectivity index (χ0n) is 14.7. The summed E-state index contributed by atoms with van der Waals surface area (Å²) in [5.41, 5.74) is 10.6. The first-order valence-corrected chi connectivity index (χ1v) is 8.51. The molecule has 0 unspecified atom stereocenters. The van der Waals surface area contributed by atoms with Gasteiger partial charge in [0.05, 0.1) is 4.92 Å². The van der Waals surface area contributed by atoms with Crippen LogP contribution in [0.2, 0.25) is 0 Å². The SMILES string of the molecule is Cc1ccc(CN2CCN(c3cc(N)c(C)cc3[N+](=O)[O-])CC2)cc1. The van der Waals surface area contributed by atoms with Crippen LogP contribution < -0.4 is 10.6 Å². The molecule has 1 aliphatic heterocycles. The number of nitro groups is 1. The molecule has 0 spiro atoms. The second kappa shape index (κ2) is 7.11. The van der Waals surface area contributed by atoms with Crippen molar-refractivity contribution < 1.29 is 4.92 Å². The van der Waals surface area contributed by atoms with Crippen LogP contribution in [-0.4, -0.2) is 36.0 Å². The van der Waals surface area contributed by atoms with E-state index in [0.717, 1.165) is 38.3 Å². The van der Waals surface area contributed by atoms with Gasteiger partial charge in [-0.05, 0) is 31.0 Å². The number of anilines is 2. The van der Waals surface area contributed by atoms with Crippen molar-refractivity contribution in [3.05, 3.63) is 63.2 Å². The van der Waals surface area contributed by atoms with Gasteiger partial charge in [0.25, 0.3) is 5.69 Å². The van der Waals surface area contributed by atoms with Gasteiger partial charge in [0.2, 0.25) is 0 Å². The Bertz CT molecular complexity index is 766. The number of benzene rings is 2. The molecule has 0 aromatic heterocycles. The molecule has 2 aromatic rings. The van der Waals surface area contributed by atoms with Crippen LogP contribution in [0.1, 0.15) is 16.7 Å². The van der Waals surface area contributed by atoms with Crippen molar-refractivity contribution in [3.8, 4) is 0 Å². The minimum absolute atomic E-state index is 0.138. The standard InChI is InChI=1S/C19H24N4O2/c1-14-3-5-16(6-4-14)13-21-7-9-22(10-8-21)18-12-17(20)15(2)11-19(18)23(24)25/h3-6,11-12H,7-10,13,20H2,1-2H3. The molecule has 132 valence electrons. The lowest BCUT2D eigenvalue weighted by atomic mass is 10.1. The highest BCUT2D eigenvalue weighted by Gasteiger charge is 2.24. The molecule has 6 nitrogen and oxygen atoms in total. The van der Waals surface area contributed by atoms with Crippen LogP contribution in [0.4, 0.5) is 17.1 Å². The maximum Gasteiger partial charge on any atom is 0.292 e. The van der Waals surface area contributed by atoms with Gasteiger partial charge in [0, 0.05) is 44.5 Å². The lowest BCUT2D eigenvalue weighted by Crippen LogP contribution is -2.46. The molecule has 1 saturated heterocycles. The maximum atomic E-state index is 11.4. The van der Waals surface area contributed by atoms with Gasteiger partial charge < -0.3 is 10.6 Å². The fourth-order valence-electron chi connectivity index (χ4n) is 3.20. The fraction of sp³-hybridized carbons (Fsp3) is 0.368. The number of nitro benzene ring substituents is 1. The van der Waals surface area contributed by atoms with Crippen LogP contribution in [0.25, 0.3) is 0 Å². The van der Waals surface area contributed by atoms with Crippen LogP contribution in [0.15, 0.2) is 36.4 Å². The molecule has 3 rings (SSSR count). The molecule has 0 amide bonds. The maximum absolute atomic E-state index is 11.4. The summed E-state index contributed by atoms with van der Waals surface area (Å²) in [5, 5.41) is 11.4. The monoisotopic (exact) mass is 340 g/mol. The largest absolute Gasteiger partial charge is 0.398 e. The van der Waals surface area contributed by atoms with Crippen molar-refractivity contribution in [2.75, 3.05) is 36.8 Å². The summed E-state index contributed by atoms with van der Waals surface area (Å²) in [5.74, 6) is 0. The summed E-state index contributed by atoms with van der Waals surface area (Å²) in [6.07, 6.45) is 0. The van der Waals surface area contributed by atoms with Crippen molar-refractivity contribution >= 4 is 17.1 Å². The van der Waals surface area contributed by atoms with Crippen molar-refractivity contribution in [2.45, 2.75) is 20.4 Å². The minimum Gasteiger partial charge on any atom is -0.398 e. The number of hydrogen-bond acceptors (Lipinski definition) is 5. The number of piperazine rings is 1. The Balaban J connectivity index is 1.69. The van der Waals surface area contributed by atoms with Gasteiger partial charge in [0.15, 0.2) is 0 Å². The van der Waals surface area contributed by atoms with E-state index in [2.05, 4.69) is 41.0 Å². The smallest absolute Gasteiger partial charge is 0.292 e. The molecule has 0 aliphatic carbocycles. The molecule has 0 atom stereocenters. The highest BCUT2D eigenvalue weighted by molar-refractivity contribution is 5.71. The molecule has 2 aromatic carbocycles. The lowest BCUT2D eigenvalue weighted by molar-refractivity contribution is -0.384. The molecule has 0 saturated carbocycles. The van der Waals surface area contributed by atoms with E-state index < -0.39 is 0 Å². The molecular weight excluding hydrogens is 316 g/mol. The Kier molecular flexibility index (Phi) is 4.90. The van der Waals surface area contributed by atoms with Gasteiger partial charge in [-0.1, -0.05) is 29.8 Å². The molecule has 2 N–H and O–H groups in total.